The number of aliphatic hydroxyl groups is 1. The number of ketones is 1. The maximum atomic E-state index is 13.6. The zero-order valence-electron chi connectivity index (χ0n) is 30.4. The van der Waals surface area contributed by atoms with Crippen molar-refractivity contribution >= 4 is 23.6 Å². The molecule has 10 nitrogen and oxygen atoms in total. The number of nitrogens with one attached hydrogen (secondary N) is 2. The standard InChI is InChI=1S/C35H49F5N2O8.C2H6/c36-30-31(37)33(39)35(34(40)32(30)38)50-28(47)14-8-6-4-2-1-3-5-7-12-26(45)41-15-11-16-42-27(46)13-9-10-17-48-29-19-22-18-23(44)20-24(22)25(21-43)49-29;1-2/h22,24-25,29,43H,1-21H2,(H,41,45)(H,42,46);1-2H3. The Bertz CT molecular complexity index is 1260. The van der Waals surface area contributed by atoms with Crippen molar-refractivity contribution in [3.05, 3.63) is 29.1 Å². The number of unbranched alkanes of at least 4 members (excludes halogenated alkanes) is 8. The molecule has 3 N–H and O–H groups in total. The van der Waals surface area contributed by atoms with E-state index in [1.165, 1.54) is 0 Å². The summed E-state index contributed by atoms with van der Waals surface area (Å²) in [5.41, 5.74) is 0. The van der Waals surface area contributed by atoms with Gasteiger partial charge in [-0.05, 0) is 43.9 Å². The normalized spacial score (nSPS) is 19.4. The van der Waals surface area contributed by atoms with Crippen LogP contribution in [0.15, 0.2) is 0 Å². The maximum absolute atomic E-state index is 13.6. The lowest BCUT2D eigenvalue weighted by atomic mass is 9.86. The second-order valence-corrected chi connectivity index (χ2v) is 13.0. The average Bonchev–Trinajstić information content (AvgIpc) is 3.52. The zero-order chi connectivity index (χ0) is 38.5. The Morgan fingerprint density at radius 1 is 0.712 bits per heavy atom. The molecule has 1 saturated heterocycles. The van der Waals surface area contributed by atoms with Gasteiger partial charge in [0.05, 0.1) is 12.7 Å². The van der Waals surface area contributed by atoms with E-state index in [0.717, 1.165) is 38.5 Å². The first kappa shape index (κ1) is 45.0. The van der Waals surface area contributed by atoms with Crippen LogP contribution in [-0.4, -0.2) is 67.4 Å². The Labute approximate surface area is 302 Å². The molecule has 15 heteroatoms. The van der Waals surface area contributed by atoms with Crippen molar-refractivity contribution in [1.29, 1.82) is 0 Å². The van der Waals surface area contributed by atoms with Crippen LogP contribution in [0.5, 0.6) is 5.75 Å². The number of hydrogen-bond acceptors (Lipinski definition) is 8. The van der Waals surface area contributed by atoms with Gasteiger partial charge in [-0.25, -0.2) is 13.2 Å². The molecule has 0 aromatic heterocycles. The highest BCUT2D eigenvalue weighted by molar-refractivity contribution is 5.81. The predicted molar refractivity (Wildman–Crippen MR) is 181 cm³/mol. The summed E-state index contributed by atoms with van der Waals surface area (Å²) in [5.74, 6) is -13.4. The second-order valence-electron chi connectivity index (χ2n) is 13.0. The molecule has 1 saturated carbocycles. The number of benzene rings is 1. The fourth-order valence-corrected chi connectivity index (χ4v) is 6.31. The Morgan fingerprint density at radius 2 is 1.21 bits per heavy atom. The summed E-state index contributed by atoms with van der Waals surface area (Å²) in [7, 11) is 0. The van der Waals surface area contributed by atoms with Crippen molar-refractivity contribution < 1.29 is 60.4 Å². The van der Waals surface area contributed by atoms with E-state index in [1.807, 2.05) is 13.8 Å². The number of carbonyl (C=O) groups excluding carboxylic acids is 4. The summed E-state index contributed by atoms with van der Waals surface area (Å²) in [5, 5.41) is 15.3. The molecule has 4 atom stereocenters. The molecule has 0 bridgehead atoms. The first-order chi connectivity index (χ1) is 25.0. The van der Waals surface area contributed by atoms with E-state index in [9.17, 15) is 46.2 Å². The van der Waals surface area contributed by atoms with Crippen molar-refractivity contribution in [2.75, 3.05) is 26.3 Å². The molecule has 4 unspecified atom stereocenters. The lowest BCUT2D eigenvalue weighted by Gasteiger charge is -2.37. The van der Waals surface area contributed by atoms with Crippen LogP contribution in [0.1, 0.15) is 123 Å². The number of fused-ring (bicyclic) bond motifs is 1. The Hall–Kier alpha value is -3.17. The summed E-state index contributed by atoms with van der Waals surface area (Å²) < 4.78 is 82.7. The van der Waals surface area contributed by atoms with Crippen LogP contribution in [0.25, 0.3) is 0 Å². The number of carbonyl (C=O) groups is 4. The molecule has 1 aliphatic heterocycles. The van der Waals surface area contributed by atoms with Crippen molar-refractivity contribution in [1.82, 2.24) is 10.6 Å². The third-order valence-corrected chi connectivity index (χ3v) is 9.06. The molecular formula is C37H55F5N2O8. The topological polar surface area (TPSA) is 140 Å². The van der Waals surface area contributed by atoms with Crippen LogP contribution in [0.2, 0.25) is 0 Å². The van der Waals surface area contributed by atoms with Gasteiger partial charge in [-0.2, -0.15) is 8.78 Å². The lowest BCUT2D eigenvalue weighted by Crippen LogP contribution is -2.42. The molecule has 0 radical (unpaired) electrons. The number of rotatable bonds is 23. The van der Waals surface area contributed by atoms with Gasteiger partial charge in [0.15, 0.2) is 6.29 Å². The number of aliphatic hydroxyl groups excluding tert-OH is 1. The van der Waals surface area contributed by atoms with Gasteiger partial charge in [-0.15, -0.1) is 0 Å². The number of Topliss-reactive ketones (excluding diaryl/α,β-unsaturated/α-hetero) is 1. The molecule has 3 rings (SSSR count). The van der Waals surface area contributed by atoms with Gasteiger partial charge >= 0.3 is 5.97 Å². The summed E-state index contributed by atoms with van der Waals surface area (Å²) in [6, 6.07) is 0. The molecule has 0 spiro atoms. The number of ether oxygens (including phenoxy) is 3. The summed E-state index contributed by atoms with van der Waals surface area (Å²) in [6.45, 7) is 5.23. The summed E-state index contributed by atoms with van der Waals surface area (Å²) in [6.07, 6.45) is 9.43. The van der Waals surface area contributed by atoms with E-state index >= 15 is 0 Å². The van der Waals surface area contributed by atoms with Crippen LogP contribution >= 0.6 is 0 Å². The number of hydrogen-bond donors (Lipinski definition) is 3. The van der Waals surface area contributed by atoms with Gasteiger partial charge in [-0.3, -0.25) is 19.2 Å². The van der Waals surface area contributed by atoms with Crippen molar-refractivity contribution in [2.24, 2.45) is 11.8 Å². The smallest absolute Gasteiger partial charge is 0.311 e. The first-order valence-electron chi connectivity index (χ1n) is 18.7. The molecule has 52 heavy (non-hydrogen) atoms. The highest BCUT2D eigenvalue weighted by Gasteiger charge is 2.44. The van der Waals surface area contributed by atoms with E-state index in [2.05, 4.69) is 15.4 Å². The molecule has 2 aliphatic rings. The van der Waals surface area contributed by atoms with E-state index in [-0.39, 0.29) is 48.6 Å². The van der Waals surface area contributed by atoms with Crippen LogP contribution in [-0.2, 0) is 28.7 Å². The van der Waals surface area contributed by atoms with Crippen molar-refractivity contribution in [2.45, 2.75) is 135 Å². The highest BCUT2D eigenvalue weighted by atomic mass is 19.2. The van der Waals surface area contributed by atoms with Gasteiger partial charge in [0.1, 0.15) is 5.78 Å². The SMILES string of the molecule is CC.O=C1CC2CC(OCCCCC(=O)NCCCNC(=O)CCCCCCCCCCC(=O)Oc3c(F)c(F)c(F)c(F)c3F)OC(CO)C2C1. The second kappa shape index (κ2) is 25.0. The van der Waals surface area contributed by atoms with Crippen molar-refractivity contribution in [3.63, 3.8) is 0 Å². The molecule has 1 aromatic rings. The Morgan fingerprint density at radius 3 is 1.77 bits per heavy atom. The highest BCUT2D eigenvalue weighted by Crippen LogP contribution is 2.41. The fraction of sp³-hybridized carbons (Fsp3) is 0.730. The minimum absolute atomic E-state index is 0.0450. The van der Waals surface area contributed by atoms with Crippen LogP contribution < -0.4 is 15.4 Å². The average molecular weight is 751 g/mol. The van der Waals surface area contributed by atoms with Gasteiger partial charge in [-0.1, -0.05) is 52.4 Å². The summed E-state index contributed by atoms with van der Waals surface area (Å²) >= 11 is 0. The van der Waals surface area contributed by atoms with Gasteiger partial charge < -0.3 is 30.0 Å². The molecule has 1 aliphatic carbocycles. The minimum Gasteiger partial charge on any atom is -0.420 e. The van der Waals surface area contributed by atoms with Crippen LogP contribution in [0.4, 0.5) is 22.0 Å². The molecule has 1 aromatic carbocycles. The van der Waals surface area contributed by atoms with Crippen LogP contribution in [0, 0.1) is 40.9 Å². The molecule has 296 valence electrons. The van der Waals surface area contributed by atoms with Crippen molar-refractivity contribution in [3.8, 4) is 5.75 Å². The minimum atomic E-state index is -2.32. The van der Waals surface area contributed by atoms with E-state index in [1.54, 1.807) is 0 Å². The van der Waals surface area contributed by atoms with Crippen LogP contribution in [0.3, 0.4) is 0 Å². The maximum Gasteiger partial charge on any atom is 0.311 e. The van der Waals surface area contributed by atoms with E-state index < -0.39 is 47.1 Å². The molecule has 2 amide bonds. The number of amides is 2. The number of halogens is 5. The van der Waals surface area contributed by atoms with E-state index in [4.69, 9.17) is 9.47 Å². The molecular weight excluding hydrogens is 695 g/mol. The lowest BCUT2D eigenvalue weighted by molar-refractivity contribution is -0.228. The monoisotopic (exact) mass is 750 g/mol. The molecule has 2 fully saturated rings. The quantitative estimate of drug-likeness (QED) is 0.0280. The van der Waals surface area contributed by atoms with Gasteiger partial charge in [0, 0.05) is 58.2 Å². The van der Waals surface area contributed by atoms with Gasteiger partial charge in [0.25, 0.3) is 0 Å². The zero-order valence-corrected chi connectivity index (χ0v) is 30.4. The summed E-state index contributed by atoms with van der Waals surface area (Å²) in [4.78, 5) is 47.7. The van der Waals surface area contributed by atoms with Gasteiger partial charge in [0.2, 0.25) is 46.6 Å². The first-order valence-corrected chi connectivity index (χ1v) is 18.7. The Kier molecular flexibility index (Phi) is 21.6. The predicted octanol–water partition coefficient (Wildman–Crippen LogP) is 6.73. The molecule has 1 heterocycles. The number of esters is 1. The third kappa shape index (κ3) is 15.4. The fourth-order valence-electron chi connectivity index (χ4n) is 6.31. The Balaban J connectivity index is 0.00000460. The third-order valence-electron chi connectivity index (χ3n) is 9.06. The largest absolute Gasteiger partial charge is 0.420 e. The van der Waals surface area contributed by atoms with E-state index in [0.29, 0.717) is 83.9 Å².